The van der Waals surface area contributed by atoms with Gasteiger partial charge in [0.2, 0.25) is 0 Å². The molecule has 2 rings (SSSR count). The van der Waals surface area contributed by atoms with E-state index in [1.807, 2.05) is 0 Å². The van der Waals surface area contributed by atoms with Crippen LogP contribution in [0.1, 0.15) is 40.0 Å². The van der Waals surface area contributed by atoms with Crippen molar-refractivity contribution in [3.05, 3.63) is 23.5 Å². The Morgan fingerprint density at radius 2 is 2.25 bits per heavy atom. The van der Waals surface area contributed by atoms with Gasteiger partial charge in [0.1, 0.15) is 0 Å². The van der Waals surface area contributed by atoms with Crippen LogP contribution in [-0.2, 0) is 0 Å². The molecule has 2 N–H and O–H groups in total. The van der Waals surface area contributed by atoms with E-state index in [2.05, 4.69) is 37.8 Å². The van der Waals surface area contributed by atoms with Crippen molar-refractivity contribution in [3.8, 4) is 0 Å². The van der Waals surface area contributed by atoms with Gasteiger partial charge in [-0.25, -0.2) is 0 Å². The van der Waals surface area contributed by atoms with Crippen molar-refractivity contribution >= 4 is 0 Å². The van der Waals surface area contributed by atoms with E-state index in [0.29, 0.717) is 12.0 Å². The highest BCUT2D eigenvalue weighted by molar-refractivity contribution is 5.28. The average molecular weight is 220 g/mol. The molecule has 0 saturated carbocycles. The second kappa shape index (κ2) is 4.52. The van der Waals surface area contributed by atoms with Gasteiger partial charge in [-0.05, 0) is 38.7 Å². The fourth-order valence-electron chi connectivity index (χ4n) is 2.95. The van der Waals surface area contributed by atoms with Crippen molar-refractivity contribution in [1.82, 2.24) is 4.90 Å². The first kappa shape index (κ1) is 11.6. The van der Waals surface area contributed by atoms with E-state index in [1.165, 1.54) is 25.1 Å². The molecular weight excluding hydrogens is 196 g/mol. The van der Waals surface area contributed by atoms with E-state index in [-0.39, 0.29) is 0 Å². The Balaban J connectivity index is 2.23. The highest BCUT2D eigenvalue weighted by Crippen LogP contribution is 2.38. The molecule has 0 aromatic rings. The quantitative estimate of drug-likeness (QED) is 0.775. The van der Waals surface area contributed by atoms with E-state index >= 15 is 0 Å². The summed E-state index contributed by atoms with van der Waals surface area (Å²) in [6.45, 7) is 8.09. The largest absolute Gasteiger partial charge is 0.399 e. The van der Waals surface area contributed by atoms with Gasteiger partial charge in [-0.3, -0.25) is 0 Å². The summed E-state index contributed by atoms with van der Waals surface area (Å²) >= 11 is 0. The smallest absolute Gasteiger partial charge is 0.0291 e. The Bertz CT molecular complexity index is 315. The van der Waals surface area contributed by atoms with Crippen molar-refractivity contribution in [2.24, 2.45) is 17.6 Å². The summed E-state index contributed by atoms with van der Waals surface area (Å²) in [7, 11) is 0. The maximum absolute atomic E-state index is 5.93. The minimum Gasteiger partial charge on any atom is -0.399 e. The maximum atomic E-state index is 5.93. The Morgan fingerprint density at radius 3 is 2.88 bits per heavy atom. The molecule has 1 saturated heterocycles. The van der Waals surface area contributed by atoms with Gasteiger partial charge in [-0.2, -0.15) is 0 Å². The molecule has 2 aliphatic rings. The Hall–Kier alpha value is -0.920. The van der Waals surface area contributed by atoms with Gasteiger partial charge in [0.05, 0.1) is 0 Å². The Labute approximate surface area is 99.2 Å². The highest BCUT2D eigenvalue weighted by atomic mass is 15.2. The topological polar surface area (TPSA) is 29.3 Å². The Kier molecular flexibility index (Phi) is 3.27. The zero-order valence-electron chi connectivity index (χ0n) is 10.7. The number of nitrogens with two attached hydrogens (primary N) is 1. The Morgan fingerprint density at radius 1 is 1.50 bits per heavy atom. The van der Waals surface area contributed by atoms with Crippen LogP contribution >= 0.6 is 0 Å². The molecule has 2 unspecified atom stereocenters. The lowest BCUT2D eigenvalue weighted by molar-refractivity contribution is 0.147. The van der Waals surface area contributed by atoms with Gasteiger partial charge in [0, 0.05) is 29.9 Å². The first-order valence-corrected chi connectivity index (χ1v) is 6.55. The number of nitrogens with zero attached hydrogens (tertiary/aromatic N) is 1. The van der Waals surface area contributed by atoms with Crippen molar-refractivity contribution in [2.75, 3.05) is 6.54 Å². The van der Waals surface area contributed by atoms with Crippen molar-refractivity contribution in [3.63, 3.8) is 0 Å². The number of likely N-dealkylation sites (tertiary alicyclic amines) is 1. The fraction of sp³-hybridized carbons (Fsp3) is 0.714. The van der Waals surface area contributed by atoms with Crippen LogP contribution in [0.15, 0.2) is 23.5 Å². The van der Waals surface area contributed by atoms with Gasteiger partial charge < -0.3 is 10.6 Å². The normalized spacial score (nSPS) is 29.9. The third-order valence-electron chi connectivity index (χ3n) is 3.98. The predicted octanol–water partition coefficient (Wildman–Crippen LogP) is 2.87. The monoisotopic (exact) mass is 220 g/mol. The lowest BCUT2D eigenvalue weighted by Crippen LogP contribution is -2.43. The molecule has 0 aromatic carbocycles. The van der Waals surface area contributed by atoms with Crippen LogP contribution in [0.3, 0.4) is 0 Å². The van der Waals surface area contributed by atoms with E-state index in [9.17, 15) is 0 Å². The molecule has 1 aliphatic carbocycles. The minimum atomic E-state index is 0.592. The lowest BCUT2D eigenvalue weighted by Gasteiger charge is -2.44. The zero-order chi connectivity index (χ0) is 11.7. The number of rotatable bonds is 2. The van der Waals surface area contributed by atoms with Crippen molar-refractivity contribution in [2.45, 2.75) is 46.1 Å². The molecule has 2 atom stereocenters. The van der Waals surface area contributed by atoms with Crippen LogP contribution in [0.25, 0.3) is 0 Å². The molecule has 1 fully saturated rings. The van der Waals surface area contributed by atoms with Gasteiger partial charge in [0.25, 0.3) is 0 Å². The third-order valence-corrected chi connectivity index (χ3v) is 3.98. The number of piperidine rings is 1. The minimum absolute atomic E-state index is 0.592. The highest BCUT2D eigenvalue weighted by Gasteiger charge is 2.32. The number of fused-ring (bicyclic) bond motifs is 1. The van der Waals surface area contributed by atoms with Crippen LogP contribution in [-0.4, -0.2) is 17.5 Å². The maximum Gasteiger partial charge on any atom is 0.0291 e. The fourth-order valence-corrected chi connectivity index (χ4v) is 2.95. The summed E-state index contributed by atoms with van der Waals surface area (Å²) in [5.41, 5.74) is 8.37. The average Bonchev–Trinajstić information content (AvgIpc) is 2.27. The summed E-state index contributed by atoms with van der Waals surface area (Å²) in [6, 6.07) is 0.592. The molecular formula is C14H24N2. The first-order valence-electron chi connectivity index (χ1n) is 6.55. The zero-order valence-corrected chi connectivity index (χ0v) is 10.7. The predicted molar refractivity (Wildman–Crippen MR) is 68.7 cm³/mol. The molecule has 2 nitrogen and oxygen atoms in total. The van der Waals surface area contributed by atoms with E-state index in [4.69, 9.17) is 5.73 Å². The van der Waals surface area contributed by atoms with Crippen LogP contribution in [0, 0.1) is 11.8 Å². The standard InChI is InChI=1S/C14H24N2/c1-4-11-7-12-5-6-13(15)8-14(12)16(9-11)10(2)3/h6,8,10-12H,4-5,7,9,15H2,1-3H3. The molecule has 90 valence electrons. The van der Waals surface area contributed by atoms with Crippen LogP contribution < -0.4 is 5.73 Å². The van der Waals surface area contributed by atoms with Crippen LogP contribution in [0.4, 0.5) is 0 Å². The lowest BCUT2D eigenvalue weighted by atomic mass is 9.80. The number of hydrogen-bond donors (Lipinski definition) is 1. The molecule has 0 radical (unpaired) electrons. The molecule has 0 spiro atoms. The van der Waals surface area contributed by atoms with Crippen molar-refractivity contribution < 1.29 is 0 Å². The van der Waals surface area contributed by atoms with Crippen molar-refractivity contribution in [1.29, 1.82) is 0 Å². The molecule has 2 heteroatoms. The van der Waals surface area contributed by atoms with Gasteiger partial charge >= 0.3 is 0 Å². The van der Waals surface area contributed by atoms with Gasteiger partial charge in [-0.1, -0.05) is 19.4 Å². The molecule has 16 heavy (non-hydrogen) atoms. The van der Waals surface area contributed by atoms with Crippen LogP contribution in [0.2, 0.25) is 0 Å². The molecule has 0 amide bonds. The molecule has 0 bridgehead atoms. The number of allylic oxidation sites excluding steroid dienone is 3. The molecule has 0 aromatic heterocycles. The van der Waals surface area contributed by atoms with Gasteiger partial charge in [-0.15, -0.1) is 0 Å². The third kappa shape index (κ3) is 2.11. The summed E-state index contributed by atoms with van der Waals surface area (Å²) in [5.74, 6) is 1.57. The summed E-state index contributed by atoms with van der Waals surface area (Å²) in [4.78, 5) is 2.56. The summed E-state index contributed by atoms with van der Waals surface area (Å²) in [5, 5.41) is 0. The second-order valence-corrected chi connectivity index (χ2v) is 5.46. The summed E-state index contributed by atoms with van der Waals surface area (Å²) < 4.78 is 0. The van der Waals surface area contributed by atoms with E-state index in [0.717, 1.165) is 18.0 Å². The van der Waals surface area contributed by atoms with Crippen LogP contribution in [0.5, 0.6) is 0 Å². The summed E-state index contributed by atoms with van der Waals surface area (Å²) in [6.07, 6.45) is 8.16. The van der Waals surface area contributed by atoms with E-state index < -0.39 is 0 Å². The first-order chi connectivity index (χ1) is 7.61. The second-order valence-electron chi connectivity index (χ2n) is 5.46. The SMILES string of the molecule is CCC1CC2CC=C(N)C=C2N(C(C)C)C1. The number of hydrogen-bond acceptors (Lipinski definition) is 2. The van der Waals surface area contributed by atoms with Gasteiger partial charge in [0.15, 0.2) is 0 Å². The van der Waals surface area contributed by atoms with E-state index in [1.54, 1.807) is 0 Å². The molecule has 1 heterocycles. The molecule has 1 aliphatic heterocycles.